The number of alkyl halides is 3. The molecule has 0 bridgehead atoms. The highest BCUT2D eigenvalue weighted by atomic mass is 79.9. The second-order valence-corrected chi connectivity index (χ2v) is 13.1. The fourth-order valence-corrected chi connectivity index (χ4v) is 7.47. The largest absolute Gasteiger partial charge is 0.481 e. The molecule has 44 heavy (non-hydrogen) atoms. The Balaban J connectivity index is 1.29. The van der Waals surface area contributed by atoms with E-state index in [0.717, 1.165) is 64.8 Å². The highest BCUT2D eigenvalue weighted by molar-refractivity contribution is 9.10. The van der Waals surface area contributed by atoms with E-state index in [9.17, 15) is 23.1 Å². The number of likely N-dealkylation sites (tertiary alicyclic amines) is 2. The lowest BCUT2D eigenvalue weighted by Gasteiger charge is -2.53. The third-order valence-corrected chi connectivity index (χ3v) is 10.2. The van der Waals surface area contributed by atoms with Crippen LogP contribution in [0.25, 0.3) is 17.0 Å². The summed E-state index contributed by atoms with van der Waals surface area (Å²) in [4.78, 5) is 26.8. The van der Waals surface area contributed by atoms with Crippen LogP contribution < -0.4 is 14.4 Å². The Morgan fingerprint density at radius 3 is 2.43 bits per heavy atom. The summed E-state index contributed by atoms with van der Waals surface area (Å²) in [6.45, 7) is 7.92. The summed E-state index contributed by atoms with van der Waals surface area (Å²) in [5.41, 5.74) is 0.719. The van der Waals surface area contributed by atoms with E-state index in [4.69, 9.17) is 19.2 Å². The maximum absolute atomic E-state index is 13.3. The first kappa shape index (κ1) is 31.2. The van der Waals surface area contributed by atoms with E-state index in [1.165, 1.54) is 4.90 Å². The van der Waals surface area contributed by atoms with Gasteiger partial charge >= 0.3 is 18.3 Å². The normalized spacial score (nSPS) is 21.8. The van der Waals surface area contributed by atoms with Gasteiger partial charge in [-0.2, -0.15) is 23.1 Å². The number of rotatable bonds is 7. The molecule has 10 nitrogen and oxygen atoms in total. The molecule has 6 rings (SSSR count). The molecule has 14 heteroatoms. The van der Waals surface area contributed by atoms with Crippen molar-refractivity contribution in [3.8, 4) is 11.8 Å². The molecule has 4 fully saturated rings. The number of amides is 1. The van der Waals surface area contributed by atoms with E-state index in [2.05, 4.69) is 37.3 Å². The van der Waals surface area contributed by atoms with Crippen molar-refractivity contribution in [1.82, 2.24) is 19.8 Å². The molecule has 0 radical (unpaired) electrons. The molecular weight excluding hydrogens is 647 g/mol. The van der Waals surface area contributed by atoms with Crippen molar-refractivity contribution in [2.45, 2.75) is 56.8 Å². The van der Waals surface area contributed by atoms with E-state index in [1.807, 2.05) is 0 Å². The molecule has 4 aliphatic rings. The average Bonchev–Trinajstić information content (AvgIpc) is 2.99. The predicted molar refractivity (Wildman–Crippen MR) is 161 cm³/mol. The number of anilines is 1. The molecule has 1 N–H and O–H groups in total. The van der Waals surface area contributed by atoms with E-state index in [1.54, 1.807) is 12.1 Å². The van der Waals surface area contributed by atoms with Crippen LogP contribution in [0.15, 0.2) is 17.1 Å². The van der Waals surface area contributed by atoms with Crippen molar-refractivity contribution in [2.24, 2.45) is 5.41 Å². The van der Waals surface area contributed by atoms with Gasteiger partial charge in [-0.1, -0.05) is 12.7 Å². The molecule has 1 amide bonds. The smallest absolute Gasteiger partial charge is 0.422 e. The molecule has 240 valence electrons. The van der Waals surface area contributed by atoms with E-state index in [0.29, 0.717) is 53.5 Å². The van der Waals surface area contributed by atoms with Crippen molar-refractivity contribution in [2.75, 3.05) is 64.0 Å². The zero-order valence-corrected chi connectivity index (χ0v) is 26.0. The standard InChI is InChI=1S/C30H37BrF3N5O5/c1-2-19-15-22-24(25(23(19)31)43-18-30(32,33)34)35-27(44-21-3-9-37(10-4-21)20-5-13-42-14-6-20)36-26(22)38-11-7-29(8-12-38)16-39(17-29)28(40)41/h2,15,20-21H,1,3-14,16-18H2,(H,40,41). The van der Waals surface area contributed by atoms with Crippen molar-refractivity contribution >= 4 is 44.8 Å². The second kappa shape index (κ2) is 12.5. The number of piperidine rings is 2. The summed E-state index contributed by atoms with van der Waals surface area (Å²) < 4.78 is 57.4. The summed E-state index contributed by atoms with van der Waals surface area (Å²) in [5, 5.41) is 9.86. The summed E-state index contributed by atoms with van der Waals surface area (Å²) in [6.07, 6.45) is 1.13. The molecule has 1 spiro atoms. The average molecular weight is 685 g/mol. The van der Waals surface area contributed by atoms with Gasteiger partial charge in [0.2, 0.25) is 0 Å². The van der Waals surface area contributed by atoms with Crippen LogP contribution in [0.1, 0.15) is 44.1 Å². The highest BCUT2D eigenvalue weighted by Crippen LogP contribution is 2.45. The Morgan fingerprint density at radius 1 is 1.14 bits per heavy atom. The molecule has 1 aromatic heterocycles. The van der Waals surface area contributed by atoms with Crippen LogP contribution in [0, 0.1) is 5.41 Å². The Bertz CT molecular complexity index is 1380. The maximum atomic E-state index is 13.3. The minimum atomic E-state index is -4.54. The quantitative estimate of drug-likeness (QED) is 0.401. The number of hydrogen-bond acceptors (Lipinski definition) is 8. The fraction of sp³-hybridized carbons (Fsp3) is 0.633. The number of ether oxygens (including phenoxy) is 3. The Kier molecular flexibility index (Phi) is 8.86. The first-order chi connectivity index (χ1) is 21.0. The lowest BCUT2D eigenvalue weighted by Crippen LogP contribution is -2.61. The summed E-state index contributed by atoms with van der Waals surface area (Å²) >= 11 is 3.42. The van der Waals surface area contributed by atoms with Crippen LogP contribution in [0.4, 0.5) is 23.8 Å². The second-order valence-electron chi connectivity index (χ2n) is 12.3. The molecule has 2 aromatic rings. The molecule has 0 atom stereocenters. The topological polar surface area (TPSA) is 100 Å². The number of carboxylic acid groups (broad SMARTS) is 1. The van der Waals surface area contributed by atoms with Gasteiger partial charge < -0.3 is 29.1 Å². The number of benzene rings is 1. The van der Waals surface area contributed by atoms with Crippen LogP contribution in [0.3, 0.4) is 0 Å². The zero-order chi connectivity index (χ0) is 31.1. The lowest BCUT2D eigenvalue weighted by atomic mass is 9.72. The molecule has 4 saturated heterocycles. The number of aromatic nitrogens is 2. The number of carbonyl (C=O) groups is 1. The van der Waals surface area contributed by atoms with Crippen LogP contribution in [0.5, 0.6) is 11.8 Å². The molecule has 0 aliphatic carbocycles. The predicted octanol–water partition coefficient (Wildman–Crippen LogP) is 5.58. The van der Waals surface area contributed by atoms with E-state index < -0.39 is 18.9 Å². The summed E-state index contributed by atoms with van der Waals surface area (Å²) in [7, 11) is 0. The van der Waals surface area contributed by atoms with E-state index in [-0.39, 0.29) is 28.8 Å². The van der Waals surface area contributed by atoms with Crippen LogP contribution in [-0.4, -0.2) is 108 Å². The number of halogens is 4. The summed E-state index contributed by atoms with van der Waals surface area (Å²) in [5.74, 6) is 0.517. The van der Waals surface area contributed by atoms with Crippen LogP contribution in [-0.2, 0) is 4.74 Å². The summed E-state index contributed by atoms with van der Waals surface area (Å²) in [6, 6.07) is 2.42. The van der Waals surface area contributed by atoms with Gasteiger partial charge in [0.1, 0.15) is 17.4 Å². The van der Waals surface area contributed by atoms with Gasteiger partial charge in [-0.25, -0.2) is 4.79 Å². The van der Waals surface area contributed by atoms with Gasteiger partial charge in [0.05, 0.1) is 4.47 Å². The highest BCUT2D eigenvalue weighted by Gasteiger charge is 2.47. The minimum absolute atomic E-state index is 0.0397. The van der Waals surface area contributed by atoms with Crippen LogP contribution >= 0.6 is 15.9 Å². The van der Waals surface area contributed by atoms with Gasteiger partial charge in [0.15, 0.2) is 12.4 Å². The molecule has 5 heterocycles. The first-order valence-electron chi connectivity index (χ1n) is 15.1. The molecule has 0 unspecified atom stereocenters. The molecular formula is C30H37BrF3N5O5. The third kappa shape index (κ3) is 6.57. The maximum Gasteiger partial charge on any atom is 0.422 e. The Labute approximate surface area is 262 Å². The third-order valence-electron chi connectivity index (χ3n) is 9.38. The number of hydrogen-bond donors (Lipinski definition) is 1. The monoisotopic (exact) mass is 683 g/mol. The van der Waals surface area contributed by atoms with Crippen LogP contribution in [0.2, 0.25) is 0 Å². The SMILES string of the molecule is C=Cc1cc2c(N3CCC4(CC3)CN(C(=O)O)C4)nc(OC3CCN(C4CCOCC4)CC3)nc2c(OCC(F)(F)F)c1Br. The number of nitrogens with zero attached hydrogens (tertiary/aromatic N) is 5. The first-order valence-corrected chi connectivity index (χ1v) is 15.9. The number of fused-ring (bicyclic) bond motifs is 1. The van der Waals surface area contributed by atoms with Gasteiger partial charge in [-0.05, 0) is 66.1 Å². The zero-order valence-electron chi connectivity index (χ0n) is 24.5. The van der Waals surface area contributed by atoms with Gasteiger partial charge in [-0.15, -0.1) is 0 Å². The van der Waals surface area contributed by atoms with E-state index >= 15 is 0 Å². The molecule has 1 aromatic carbocycles. The lowest BCUT2D eigenvalue weighted by molar-refractivity contribution is -0.153. The fourth-order valence-electron chi connectivity index (χ4n) is 6.89. The van der Waals surface area contributed by atoms with Gasteiger partial charge in [-0.3, -0.25) is 4.90 Å². The minimum Gasteiger partial charge on any atom is -0.481 e. The molecule has 4 aliphatic heterocycles. The van der Waals surface area contributed by atoms with Crippen molar-refractivity contribution < 1.29 is 37.3 Å². The van der Waals surface area contributed by atoms with Crippen molar-refractivity contribution in [3.63, 3.8) is 0 Å². The van der Waals surface area contributed by atoms with Gasteiger partial charge in [0, 0.05) is 69.3 Å². The Morgan fingerprint density at radius 2 is 1.82 bits per heavy atom. The molecule has 0 saturated carbocycles. The Hall–Kier alpha value is -2.84. The van der Waals surface area contributed by atoms with Crippen molar-refractivity contribution in [3.05, 3.63) is 22.7 Å². The van der Waals surface area contributed by atoms with Gasteiger partial charge in [0.25, 0.3) is 0 Å². The van der Waals surface area contributed by atoms with Crippen molar-refractivity contribution in [1.29, 1.82) is 0 Å².